The number of carbonyl (C=O) groups is 2. The summed E-state index contributed by atoms with van der Waals surface area (Å²) in [4.78, 5) is 27.1. The van der Waals surface area contributed by atoms with Gasteiger partial charge >= 0.3 is 0 Å². The number of carbonyl (C=O) groups excluding carboxylic acids is 2. The third-order valence-electron chi connectivity index (χ3n) is 4.45. The molecule has 0 saturated carbocycles. The molecule has 1 aliphatic heterocycles. The van der Waals surface area contributed by atoms with Crippen LogP contribution in [0.15, 0.2) is 36.4 Å². The van der Waals surface area contributed by atoms with Gasteiger partial charge in [0.15, 0.2) is 0 Å². The molecule has 5 heteroatoms. The number of benzene rings is 2. The summed E-state index contributed by atoms with van der Waals surface area (Å²) in [5, 5.41) is 14.1. The van der Waals surface area contributed by atoms with Gasteiger partial charge in [0.1, 0.15) is 6.04 Å². The summed E-state index contributed by atoms with van der Waals surface area (Å²) in [7, 11) is 0. The number of nitrogens with one attached hydrogen (secondary N) is 1. The lowest BCUT2D eigenvalue weighted by Gasteiger charge is -2.35. The van der Waals surface area contributed by atoms with E-state index in [9.17, 15) is 14.7 Å². The summed E-state index contributed by atoms with van der Waals surface area (Å²) in [6.45, 7) is 2.61. The van der Waals surface area contributed by atoms with Gasteiger partial charge < -0.3 is 15.3 Å². The molecule has 24 heavy (non-hydrogen) atoms. The van der Waals surface area contributed by atoms with Gasteiger partial charge in [0.2, 0.25) is 5.91 Å². The van der Waals surface area contributed by atoms with Crippen LogP contribution in [0, 0.1) is 0 Å². The number of rotatable bonds is 6. The van der Waals surface area contributed by atoms with Crippen LogP contribution in [-0.2, 0) is 4.79 Å². The van der Waals surface area contributed by atoms with E-state index in [2.05, 4.69) is 12.2 Å². The normalized spacial score (nSPS) is 16.5. The highest BCUT2D eigenvalue weighted by molar-refractivity contribution is 6.13. The van der Waals surface area contributed by atoms with Crippen molar-refractivity contribution in [1.82, 2.24) is 10.2 Å². The summed E-state index contributed by atoms with van der Waals surface area (Å²) < 4.78 is 0. The number of β-amino-alcohol motifs (C(OH)–C–C–N with tert-alkyl or cyclic N) is 1. The predicted molar refractivity (Wildman–Crippen MR) is 92.7 cm³/mol. The standard InChI is InChI=1S/C19H22N2O3/c1-2-3-10-20-18(23)17-14-8-4-6-13-7-5-9-15(16(13)14)19(24)21(17)11-12-22/h4-9,17,22H,2-3,10-12H2,1H3,(H,20,23). The first-order valence-electron chi connectivity index (χ1n) is 8.40. The summed E-state index contributed by atoms with van der Waals surface area (Å²) in [6.07, 6.45) is 1.88. The van der Waals surface area contributed by atoms with Crippen LogP contribution in [0.4, 0.5) is 0 Å². The Balaban J connectivity index is 2.08. The summed E-state index contributed by atoms with van der Waals surface area (Å²) in [5.74, 6) is -0.392. The van der Waals surface area contributed by atoms with Gasteiger partial charge in [0, 0.05) is 24.0 Å². The SMILES string of the molecule is CCCCNC(=O)C1c2cccc3cccc(c23)C(=O)N1CCO. The van der Waals surface area contributed by atoms with Crippen molar-refractivity contribution in [3.8, 4) is 0 Å². The zero-order valence-electron chi connectivity index (χ0n) is 13.8. The zero-order chi connectivity index (χ0) is 17.1. The van der Waals surface area contributed by atoms with Crippen molar-refractivity contribution in [1.29, 1.82) is 0 Å². The lowest BCUT2D eigenvalue weighted by molar-refractivity contribution is -0.126. The van der Waals surface area contributed by atoms with Crippen molar-refractivity contribution in [2.75, 3.05) is 19.7 Å². The average Bonchev–Trinajstić information content (AvgIpc) is 2.60. The van der Waals surface area contributed by atoms with Crippen LogP contribution in [0.3, 0.4) is 0 Å². The Morgan fingerprint density at radius 3 is 2.71 bits per heavy atom. The van der Waals surface area contributed by atoms with E-state index >= 15 is 0 Å². The van der Waals surface area contributed by atoms with Crippen LogP contribution < -0.4 is 5.32 Å². The van der Waals surface area contributed by atoms with Gasteiger partial charge in [-0.15, -0.1) is 0 Å². The Labute approximate surface area is 141 Å². The second-order valence-corrected chi connectivity index (χ2v) is 6.02. The maximum Gasteiger partial charge on any atom is 0.255 e. The fourth-order valence-electron chi connectivity index (χ4n) is 3.32. The van der Waals surface area contributed by atoms with Gasteiger partial charge in [0.05, 0.1) is 6.61 Å². The minimum absolute atomic E-state index is 0.134. The first-order valence-corrected chi connectivity index (χ1v) is 8.40. The molecule has 0 radical (unpaired) electrons. The number of nitrogens with zero attached hydrogens (tertiary/aromatic N) is 1. The number of hydrogen-bond acceptors (Lipinski definition) is 3. The molecule has 0 aliphatic carbocycles. The van der Waals surface area contributed by atoms with Gasteiger partial charge in [-0.25, -0.2) is 0 Å². The second-order valence-electron chi connectivity index (χ2n) is 6.02. The summed E-state index contributed by atoms with van der Waals surface area (Å²) in [5.41, 5.74) is 1.42. The highest BCUT2D eigenvalue weighted by Crippen LogP contribution is 2.36. The maximum atomic E-state index is 12.9. The van der Waals surface area contributed by atoms with Gasteiger partial charge in [-0.3, -0.25) is 9.59 Å². The van der Waals surface area contributed by atoms with Crippen LogP contribution >= 0.6 is 0 Å². The number of unbranched alkanes of at least 4 members (excludes halogenated alkanes) is 1. The van der Waals surface area contributed by atoms with E-state index < -0.39 is 6.04 Å². The molecular formula is C19H22N2O3. The number of hydrogen-bond donors (Lipinski definition) is 2. The molecule has 2 aromatic rings. The van der Waals surface area contributed by atoms with Crippen molar-refractivity contribution in [2.45, 2.75) is 25.8 Å². The second kappa shape index (κ2) is 7.01. The molecule has 3 rings (SSSR count). The van der Waals surface area contributed by atoms with E-state index in [-0.39, 0.29) is 25.0 Å². The summed E-state index contributed by atoms with van der Waals surface area (Å²) >= 11 is 0. The Morgan fingerprint density at radius 1 is 1.25 bits per heavy atom. The number of amides is 2. The molecule has 0 bridgehead atoms. The van der Waals surface area contributed by atoms with Crippen molar-refractivity contribution in [2.24, 2.45) is 0 Å². The molecule has 1 heterocycles. The van der Waals surface area contributed by atoms with Crippen LogP contribution in [0.5, 0.6) is 0 Å². The Bertz CT molecular complexity index is 767. The third-order valence-corrected chi connectivity index (χ3v) is 4.45. The predicted octanol–water partition coefficient (Wildman–Crippen LogP) is 2.25. The molecule has 5 nitrogen and oxygen atoms in total. The smallest absolute Gasteiger partial charge is 0.255 e. The fraction of sp³-hybridized carbons (Fsp3) is 0.368. The first-order chi connectivity index (χ1) is 11.7. The monoisotopic (exact) mass is 326 g/mol. The molecule has 1 unspecified atom stereocenters. The quantitative estimate of drug-likeness (QED) is 0.800. The van der Waals surface area contributed by atoms with Gasteiger partial charge in [0.25, 0.3) is 5.91 Å². The lowest BCUT2D eigenvalue weighted by atomic mass is 9.89. The Kier molecular flexibility index (Phi) is 4.81. The minimum Gasteiger partial charge on any atom is -0.395 e. The molecular weight excluding hydrogens is 304 g/mol. The van der Waals surface area contributed by atoms with Crippen molar-refractivity contribution in [3.63, 3.8) is 0 Å². The fourth-order valence-corrected chi connectivity index (χ4v) is 3.32. The molecule has 0 aromatic heterocycles. The lowest BCUT2D eigenvalue weighted by Crippen LogP contribution is -2.47. The molecule has 0 fully saturated rings. The van der Waals surface area contributed by atoms with Crippen molar-refractivity contribution < 1.29 is 14.7 Å². The minimum atomic E-state index is -0.694. The topological polar surface area (TPSA) is 69.6 Å². The van der Waals surface area contributed by atoms with E-state index in [0.29, 0.717) is 12.1 Å². The molecule has 1 aliphatic rings. The van der Waals surface area contributed by atoms with Gasteiger partial charge in [-0.2, -0.15) is 0 Å². The van der Waals surface area contributed by atoms with E-state index in [0.717, 1.165) is 29.2 Å². The molecule has 0 saturated heterocycles. The average molecular weight is 326 g/mol. The Hall–Kier alpha value is -2.40. The van der Waals surface area contributed by atoms with Crippen LogP contribution in [0.2, 0.25) is 0 Å². The molecule has 126 valence electrons. The highest BCUT2D eigenvalue weighted by Gasteiger charge is 2.37. The highest BCUT2D eigenvalue weighted by atomic mass is 16.3. The molecule has 2 N–H and O–H groups in total. The Morgan fingerprint density at radius 2 is 2.00 bits per heavy atom. The number of aliphatic hydroxyl groups is 1. The van der Waals surface area contributed by atoms with E-state index in [4.69, 9.17) is 0 Å². The third kappa shape index (κ3) is 2.76. The van der Waals surface area contributed by atoms with Crippen LogP contribution in [0.1, 0.15) is 41.7 Å². The van der Waals surface area contributed by atoms with Crippen LogP contribution in [0.25, 0.3) is 10.8 Å². The van der Waals surface area contributed by atoms with Crippen molar-refractivity contribution >= 4 is 22.6 Å². The maximum absolute atomic E-state index is 12.9. The zero-order valence-corrected chi connectivity index (χ0v) is 13.8. The number of aliphatic hydroxyl groups excluding tert-OH is 1. The first kappa shape index (κ1) is 16.5. The van der Waals surface area contributed by atoms with Crippen molar-refractivity contribution in [3.05, 3.63) is 47.5 Å². The summed E-state index contributed by atoms with van der Waals surface area (Å²) in [6, 6.07) is 10.6. The molecule has 2 amide bonds. The van der Waals surface area contributed by atoms with E-state index in [1.54, 1.807) is 6.07 Å². The molecule has 2 aromatic carbocycles. The van der Waals surface area contributed by atoms with E-state index in [1.807, 2.05) is 30.3 Å². The largest absolute Gasteiger partial charge is 0.395 e. The van der Waals surface area contributed by atoms with Gasteiger partial charge in [-0.05, 0) is 23.4 Å². The molecule has 0 spiro atoms. The van der Waals surface area contributed by atoms with Crippen LogP contribution in [-0.4, -0.2) is 41.5 Å². The molecule has 1 atom stereocenters. The van der Waals surface area contributed by atoms with Gasteiger partial charge in [-0.1, -0.05) is 43.7 Å². The van der Waals surface area contributed by atoms with E-state index in [1.165, 1.54) is 4.90 Å².